The Kier molecular flexibility index (Phi) is 9.55. The van der Waals surface area contributed by atoms with E-state index < -0.39 is 0 Å². The summed E-state index contributed by atoms with van der Waals surface area (Å²) in [6, 6.07) is 9.23. The van der Waals surface area contributed by atoms with Crippen molar-refractivity contribution in [2.24, 2.45) is 4.99 Å². The summed E-state index contributed by atoms with van der Waals surface area (Å²) in [5.74, 6) is 0.922. The number of likely N-dealkylation sites (N-methyl/N-ethyl adjacent to an activating group) is 1. The largest absolute Gasteiger partial charge is 0.357 e. The maximum atomic E-state index is 4.70. The summed E-state index contributed by atoms with van der Waals surface area (Å²) in [5.41, 5.74) is 2.54. The molecule has 0 aromatic heterocycles. The van der Waals surface area contributed by atoms with Gasteiger partial charge in [0, 0.05) is 19.1 Å². The Bertz CT molecular complexity index is 472. The molecule has 1 heterocycles. The number of hydrogen-bond acceptors (Lipinski definition) is 2. The number of guanidine groups is 1. The lowest BCUT2D eigenvalue weighted by molar-refractivity contribution is 0.267. The Hall–Kier alpha value is -0.820. The van der Waals surface area contributed by atoms with Gasteiger partial charge in [-0.15, -0.1) is 24.0 Å². The standard InChI is InChI=1S/C18H30N4.HI/c1-4-19-18(20-13-16-10-8-15(3)9-11-16)21-14-17-7-6-12-22(17)5-2;/h8-11,17H,4-7,12-14H2,1-3H3,(H2,19,20,21);1H. The molecule has 1 fully saturated rings. The van der Waals surface area contributed by atoms with Gasteiger partial charge >= 0.3 is 0 Å². The highest BCUT2D eigenvalue weighted by Crippen LogP contribution is 2.15. The van der Waals surface area contributed by atoms with Crippen LogP contribution in [-0.2, 0) is 6.54 Å². The van der Waals surface area contributed by atoms with Crippen molar-refractivity contribution < 1.29 is 0 Å². The third kappa shape index (κ3) is 6.67. The molecule has 0 spiro atoms. The molecule has 1 aromatic rings. The number of hydrogen-bond donors (Lipinski definition) is 2. The fourth-order valence-corrected chi connectivity index (χ4v) is 2.96. The molecule has 1 saturated heterocycles. The van der Waals surface area contributed by atoms with E-state index in [1.54, 1.807) is 0 Å². The van der Waals surface area contributed by atoms with Gasteiger partial charge in [-0.3, -0.25) is 4.90 Å². The summed E-state index contributed by atoms with van der Waals surface area (Å²) in [6.45, 7) is 11.4. The molecule has 1 aliphatic heterocycles. The van der Waals surface area contributed by atoms with E-state index in [1.165, 1.54) is 30.5 Å². The summed E-state index contributed by atoms with van der Waals surface area (Å²) in [7, 11) is 0. The zero-order chi connectivity index (χ0) is 15.8. The minimum atomic E-state index is 0. The first kappa shape index (κ1) is 20.2. The van der Waals surface area contributed by atoms with Gasteiger partial charge in [0.15, 0.2) is 5.96 Å². The molecule has 2 rings (SSSR count). The Labute approximate surface area is 158 Å². The van der Waals surface area contributed by atoms with Crippen LogP contribution < -0.4 is 10.6 Å². The molecule has 1 aliphatic rings. The highest BCUT2D eigenvalue weighted by molar-refractivity contribution is 14.0. The van der Waals surface area contributed by atoms with Gasteiger partial charge in [0.1, 0.15) is 0 Å². The molecule has 5 heteroatoms. The van der Waals surface area contributed by atoms with Crippen LogP contribution in [0.4, 0.5) is 0 Å². The van der Waals surface area contributed by atoms with Crippen molar-refractivity contribution in [3.05, 3.63) is 35.4 Å². The van der Waals surface area contributed by atoms with Gasteiger partial charge < -0.3 is 10.6 Å². The number of nitrogens with one attached hydrogen (secondary N) is 2. The molecule has 130 valence electrons. The third-order valence-electron chi connectivity index (χ3n) is 4.29. The lowest BCUT2D eigenvalue weighted by atomic mass is 10.1. The molecule has 1 unspecified atom stereocenters. The minimum absolute atomic E-state index is 0. The van der Waals surface area contributed by atoms with Crippen molar-refractivity contribution in [2.75, 3.05) is 26.2 Å². The van der Waals surface area contributed by atoms with Crippen LogP contribution in [0.5, 0.6) is 0 Å². The van der Waals surface area contributed by atoms with Crippen molar-refractivity contribution in [2.45, 2.75) is 46.2 Å². The van der Waals surface area contributed by atoms with Gasteiger partial charge in [0.2, 0.25) is 0 Å². The number of nitrogens with zero attached hydrogens (tertiary/aromatic N) is 2. The third-order valence-corrected chi connectivity index (χ3v) is 4.29. The number of benzene rings is 1. The lowest BCUT2D eigenvalue weighted by Gasteiger charge is -2.24. The van der Waals surface area contributed by atoms with Crippen molar-refractivity contribution in [3.63, 3.8) is 0 Å². The Morgan fingerprint density at radius 2 is 1.96 bits per heavy atom. The number of aliphatic imine (C=N–C) groups is 1. The molecule has 0 bridgehead atoms. The SMILES string of the molecule is CCNC(=NCc1ccc(C)cc1)NCC1CCCN1CC.I. The molecule has 1 atom stereocenters. The fraction of sp³-hybridized carbons (Fsp3) is 0.611. The minimum Gasteiger partial charge on any atom is -0.357 e. The Morgan fingerprint density at radius 1 is 1.22 bits per heavy atom. The average Bonchev–Trinajstić information content (AvgIpc) is 2.99. The normalized spacial score (nSPS) is 18.6. The van der Waals surface area contributed by atoms with Crippen LogP contribution in [0.25, 0.3) is 0 Å². The number of aryl methyl sites for hydroxylation is 1. The second-order valence-electron chi connectivity index (χ2n) is 5.99. The predicted molar refractivity (Wildman–Crippen MR) is 110 cm³/mol. The summed E-state index contributed by atoms with van der Waals surface area (Å²) >= 11 is 0. The monoisotopic (exact) mass is 430 g/mol. The van der Waals surface area contributed by atoms with E-state index in [1.807, 2.05) is 0 Å². The summed E-state index contributed by atoms with van der Waals surface area (Å²) < 4.78 is 0. The maximum absolute atomic E-state index is 4.70. The zero-order valence-electron chi connectivity index (χ0n) is 14.6. The first-order chi connectivity index (χ1) is 10.7. The molecule has 1 aromatic carbocycles. The van der Waals surface area contributed by atoms with Crippen molar-refractivity contribution in [1.29, 1.82) is 0 Å². The number of rotatable bonds is 6. The topological polar surface area (TPSA) is 39.7 Å². The fourth-order valence-electron chi connectivity index (χ4n) is 2.96. The smallest absolute Gasteiger partial charge is 0.191 e. The van der Waals surface area contributed by atoms with Crippen molar-refractivity contribution >= 4 is 29.9 Å². The molecule has 0 aliphatic carbocycles. The van der Waals surface area contributed by atoms with Crippen LogP contribution in [-0.4, -0.2) is 43.1 Å². The highest BCUT2D eigenvalue weighted by Gasteiger charge is 2.22. The predicted octanol–water partition coefficient (Wildman–Crippen LogP) is 3.15. The van der Waals surface area contributed by atoms with E-state index >= 15 is 0 Å². The molecular weight excluding hydrogens is 399 g/mol. The summed E-state index contributed by atoms with van der Waals surface area (Å²) in [6.07, 6.45) is 2.61. The molecule has 2 N–H and O–H groups in total. The molecule has 0 radical (unpaired) electrons. The van der Waals surface area contributed by atoms with Crippen LogP contribution in [0.15, 0.2) is 29.3 Å². The van der Waals surface area contributed by atoms with Crippen LogP contribution in [0.1, 0.15) is 37.8 Å². The van der Waals surface area contributed by atoms with Gasteiger partial charge in [-0.05, 0) is 45.3 Å². The molecular formula is C18H31IN4. The summed E-state index contributed by atoms with van der Waals surface area (Å²) in [5, 5.41) is 6.85. The molecule has 0 amide bonds. The van der Waals surface area contributed by atoms with Gasteiger partial charge in [0.05, 0.1) is 6.54 Å². The Morgan fingerprint density at radius 3 is 2.61 bits per heavy atom. The second kappa shape index (κ2) is 10.9. The average molecular weight is 430 g/mol. The van der Waals surface area contributed by atoms with Crippen molar-refractivity contribution in [1.82, 2.24) is 15.5 Å². The van der Waals surface area contributed by atoms with E-state index in [4.69, 9.17) is 4.99 Å². The van der Waals surface area contributed by atoms with E-state index in [-0.39, 0.29) is 24.0 Å². The van der Waals surface area contributed by atoms with E-state index in [9.17, 15) is 0 Å². The molecule has 0 saturated carbocycles. The van der Waals surface area contributed by atoms with E-state index in [0.717, 1.165) is 32.1 Å². The maximum Gasteiger partial charge on any atom is 0.191 e. The quantitative estimate of drug-likeness (QED) is 0.414. The number of likely N-dealkylation sites (tertiary alicyclic amines) is 1. The van der Waals surface area contributed by atoms with Crippen LogP contribution in [0.2, 0.25) is 0 Å². The first-order valence-corrected chi connectivity index (χ1v) is 8.54. The highest BCUT2D eigenvalue weighted by atomic mass is 127. The van der Waals surface area contributed by atoms with Gasteiger partial charge in [-0.1, -0.05) is 36.8 Å². The van der Waals surface area contributed by atoms with Crippen LogP contribution in [0, 0.1) is 6.92 Å². The van der Waals surface area contributed by atoms with E-state index in [0.29, 0.717) is 6.04 Å². The molecule has 4 nitrogen and oxygen atoms in total. The molecule has 23 heavy (non-hydrogen) atoms. The van der Waals surface area contributed by atoms with Crippen LogP contribution >= 0.6 is 24.0 Å². The zero-order valence-corrected chi connectivity index (χ0v) is 17.0. The van der Waals surface area contributed by atoms with Gasteiger partial charge in [-0.2, -0.15) is 0 Å². The second-order valence-corrected chi connectivity index (χ2v) is 5.99. The van der Waals surface area contributed by atoms with Crippen molar-refractivity contribution in [3.8, 4) is 0 Å². The first-order valence-electron chi connectivity index (χ1n) is 8.54. The number of halogens is 1. The van der Waals surface area contributed by atoms with Crippen LogP contribution in [0.3, 0.4) is 0 Å². The Balaban J connectivity index is 0.00000264. The van der Waals surface area contributed by atoms with Gasteiger partial charge in [-0.25, -0.2) is 4.99 Å². The lowest BCUT2D eigenvalue weighted by Crippen LogP contribution is -2.44. The summed E-state index contributed by atoms with van der Waals surface area (Å²) in [4.78, 5) is 7.25. The van der Waals surface area contributed by atoms with Gasteiger partial charge in [0.25, 0.3) is 0 Å². The van der Waals surface area contributed by atoms with E-state index in [2.05, 4.69) is 60.6 Å².